The van der Waals surface area contributed by atoms with Crippen LogP contribution in [-0.4, -0.2) is 24.0 Å². The number of benzene rings is 1. The first kappa shape index (κ1) is 15.8. The molecule has 112 valence electrons. The molecule has 20 heavy (non-hydrogen) atoms. The Morgan fingerprint density at radius 2 is 2.05 bits per heavy atom. The molecule has 2 N–H and O–H groups in total. The van der Waals surface area contributed by atoms with Crippen LogP contribution in [0.4, 0.5) is 0 Å². The molecular weight excluding hydrogens is 268 g/mol. The van der Waals surface area contributed by atoms with Crippen LogP contribution in [0.25, 0.3) is 0 Å². The normalized spacial score (nSPS) is 26.9. The van der Waals surface area contributed by atoms with Crippen molar-refractivity contribution in [2.24, 2.45) is 11.1 Å². The highest BCUT2D eigenvalue weighted by molar-refractivity contribution is 6.30. The van der Waals surface area contributed by atoms with Gasteiger partial charge in [-0.25, -0.2) is 0 Å². The molecule has 2 unspecified atom stereocenters. The fraction of sp³-hybridized carbons (Fsp3) is 0.647. The minimum Gasteiger partial charge on any atom is -0.329 e. The maximum Gasteiger partial charge on any atom is 0.0409 e. The minimum atomic E-state index is 0.116. The minimum absolute atomic E-state index is 0.116. The number of halogens is 1. The number of hydrogen-bond acceptors (Lipinski definition) is 2. The summed E-state index contributed by atoms with van der Waals surface area (Å²) in [5, 5.41) is 0.802. The third-order valence-electron chi connectivity index (χ3n) is 5.11. The molecule has 0 radical (unpaired) electrons. The van der Waals surface area contributed by atoms with Gasteiger partial charge in [0.2, 0.25) is 0 Å². The zero-order valence-electron chi connectivity index (χ0n) is 13.1. The summed E-state index contributed by atoms with van der Waals surface area (Å²) in [7, 11) is 2.21. The molecule has 1 aromatic rings. The molecule has 1 aliphatic rings. The summed E-state index contributed by atoms with van der Waals surface area (Å²) in [6.45, 7) is 7.66. The van der Waals surface area contributed by atoms with Crippen molar-refractivity contribution in [1.82, 2.24) is 4.90 Å². The summed E-state index contributed by atoms with van der Waals surface area (Å²) >= 11 is 6.12. The molecule has 1 saturated carbocycles. The third-order valence-corrected chi connectivity index (χ3v) is 5.35. The fourth-order valence-electron chi connectivity index (χ4n) is 3.66. The standard InChI is InChI=1S/C17H27ClN2/c1-13(14-6-5-7-15(18)10-14)20(4)17(12-19)9-8-16(2,3)11-17/h5-7,10,13H,8-9,11-12,19H2,1-4H3. The van der Waals surface area contributed by atoms with E-state index in [-0.39, 0.29) is 5.54 Å². The largest absolute Gasteiger partial charge is 0.329 e. The van der Waals surface area contributed by atoms with Crippen molar-refractivity contribution in [1.29, 1.82) is 0 Å². The first-order valence-corrected chi connectivity index (χ1v) is 7.86. The Hall–Kier alpha value is -0.570. The van der Waals surface area contributed by atoms with Gasteiger partial charge >= 0.3 is 0 Å². The first-order chi connectivity index (χ1) is 9.30. The van der Waals surface area contributed by atoms with Gasteiger partial charge in [0.15, 0.2) is 0 Å². The highest BCUT2D eigenvalue weighted by Crippen LogP contribution is 2.47. The zero-order valence-corrected chi connectivity index (χ0v) is 13.9. The van der Waals surface area contributed by atoms with E-state index in [1.165, 1.54) is 18.4 Å². The Kier molecular flexibility index (Phi) is 4.48. The molecule has 2 atom stereocenters. The topological polar surface area (TPSA) is 29.3 Å². The van der Waals surface area contributed by atoms with Crippen LogP contribution in [0.5, 0.6) is 0 Å². The van der Waals surface area contributed by atoms with Crippen LogP contribution >= 0.6 is 11.6 Å². The second-order valence-electron chi connectivity index (χ2n) is 7.11. The van der Waals surface area contributed by atoms with Crippen LogP contribution in [-0.2, 0) is 0 Å². The van der Waals surface area contributed by atoms with Gasteiger partial charge in [-0.05, 0) is 56.3 Å². The lowest BCUT2D eigenvalue weighted by atomic mass is 9.86. The van der Waals surface area contributed by atoms with Crippen LogP contribution in [0, 0.1) is 5.41 Å². The van der Waals surface area contributed by atoms with E-state index in [9.17, 15) is 0 Å². The van der Waals surface area contributed by atoms with E-state index in [0.717, 1.165) is 18.0 Å². The summed E-state index contributed by atoms with van der Waals surface area (Å²) in [6, 6.07) is 8.49. The van der Waals surface area contributed by atoms with E-state index < -0.39 is 0 Å². The average molecular weight is 295 g/mol. The molecule has 0 bridgehead atoms. The molecule has 2 nitrogen and oxygen atoms in total. The Morgan fingerprint density at radius 1 is 1.35 bits per heavy atom. The maximum atomic E-state index is 6.17. The summed E-state index contributed by atoms with van der Waals surface area (Å²) in [5.41, 5.74) is 7.94. The molecule has 2 rings (SSSR count). The molecule has 1 aliphatic carbocycles. The van der Waals surface area contributed by atoms with E-state index >= 15 is 0 Å². The molecular formula is C17H27ClN2. The van der Waals surface area contributed by atoms with Crippen LogP contribution in [0.2, 0.25) is 5.02 Å². The molecule has 0 aromatic heterocycles. The fourth-order valence-corrected chi connectivity index (χ4v) is 3.86. The second kappa shape index (κ2) is 5.67. The van der Waals surface area contributed by atoms with Crippen molar-refractivity contribution in [2.75, 3.05) is 13.6 Å². The van der Waals surface area contributed by atoms with Gasteiger partial charge in [0.1, 0.15) is 0 Å². The number of hydrogen-bond donors (Lipinski definition) is 1. The van der Waals surface area contributed by atoms with Crippen LogP contribution in [0.1, 0.15) is 51.6 Å². The van der Waals surface area contributed by atoms with Gasteiger partial charge in [-0.2, -0.15) is 0 Å². The van der Waals surface area contributed by atoms with E-state index in [1.54, 1.807) is 0 Å². The zero-order chi connectivity index (χ0) is 15.0. The van der Waals surface area contributed by atoms with E-state index in [1.807, 2.05) is 12.1 Å². The van der Waals surface area contributed by atoms with Gasteiger partial charge in [0, 0.05) is 23.1 Å². The summed E-state index contributed by atoms with van der Waals surface area (Å²) in [4.78, 5) is 2.47. The van der Waals surface area contributed by atoms with Crippen LogP contribution < -0.4 is 5.73 Å². The lowest BCUT2D eigenvalue weighted by molar-refractivity contribution is 0.0797. The van der Waals surface area contributed by atoms with Gasteiger partial charge in [0.25, 0.3) is 0 Å². The monoisotopic (exact) mass is 294 g/mol. The molecule has 0 aliphatic heterocycles. The molecule has 0 heterocycles. The summed E-state index contributed by atoms with van der Waals surface area (Å²) < 4.78 is 0. The lowest BCUT2D eigenvalue weighted by Gasteiger charge is -2.43. The number of likely N-dealkylation sites (N-methyl/N-ethyl adjacent to an activating group) is 1. The molecule has 0 spiro atoms. The first-order valence-electron chi connectivity index (χ1n) is 7.48. The lowest BCUT2D eigenvalue weighted by Crippen LogP contribution is -2.51. The van der Waals surface area contributed by atoms with Crippen molar-refractivity contribution in [3.8, 4) is 0 Å². The maximum absolute atomic E-state index is 6.17. The number of nitrogens with two attached hydrogens (primary N) is 1. The van der Waals surface area contributed by atoms with Crippen molar-refractivity contribution in [3.05, 3.63) is 34.9 Å². The SMILES string of the molecule is CC(c1cccc(Cl)c1)N(C)C1(CN)CCC(C)(C)C1. The van der Waals surface area contributed by atoms with Crippen molar-refractivity contribution in [2.45, 2.75) is 51.6 Å². The second-order valence-corrected chi connectivity index (χ2v) is 7.55. The highest BCUT2D eigenvalue weighted by Gasteiger charge is 2.46. The molecule has 3 heteroatoms. The van der Waals surface area contributed by atoms with Crippen molar-refractivity contribution < 1.29 is 0 Å². The third kappa shape index (κ3) is 3.03. The van der Waals surface area contributed by atoms with Gasteiger partial charge in [-0.1, -0.05) is 37.6 Å². The molecule has 1 aromatic carbocycles. The number of nitrogens with zero attached hydrogens (tertiary/aromatic N) is 1. The van der Waals surface area contributed by atoms with Gasteiger partial charge < -0.3 is 5.73 Å². The number of rotatable bonds is 4. The van der Waals surface area contributed by atoms with Crippen LogP contribution in [0.3, 0.4) is 0 Å². The van der Waals surface area contributed by atoms with Crippen molar-refractivity contribution >= 4 is 11.6 Å². The predicted octanol–water partition coefficient (Wildman–Crippen LogP) is 4.24. The smallest absolute Gasteiger partial charge is 0.0409 e. The Labute approximate surface area is 128 Å². The predicted molar refractivity (Wildman–Crippen MR) is 87.0 cm³/mol. The quantitative estimate of drug-likeness (QED) is 0.900. The average Bonchev–Trinajstić information content (AvgIpc) is 2.74. The molecule has 0 saturated heterocycles. The Morgan fingerprint density at radius 3 is 2.55 bits per heavy atom. The summed E-state index contributed by atoms with van der Waals surface area (Å²) in [5.74, 6) is 0. The molecule has 0 amide bonds. The van der Waals surface area contributed by atoms with Crippen molar-refractivity contribution in [3.63, 3.8) is 0 Å². The van der Waals surface area contributed by atoms with E-state index in [2.05, 4.69) is 44.9 Å². The van der Waals surface area contributed by atoms with Gasteiger partial charge in [-0.15, -0.1) is 0 Å². The van der Waals surface area contributed by atoms with E-state index in [4.69, 9.17) is 17.3 Å². The van der Waals surface area contributed by atoms with Crippen LogP contribution in [0.15, 0.2) is 24.3 Å². The summed E-state index contributed by atoms with van der Waals surface area (Å²) in [6.07, 6.45) is 3.59. The molecule has 1 fully saturated rings. The van der Waals surface area contributed by atoms with Gasteiger partial charge in [0.05, 0.1) is 0 Å². The highest BCUT2D eigenvalue weighted by atomic mass is 35.5. The Bertz CT molecular complexity index is 472. The van der Waals surface area contributed by atoms with E-state index in [0.29, 0.717) is 11.5 Å². The van der Waals surface area contributed by atoms with Gasteiger partial charge in [-0.3, -0.25) is 4.90 Å². The Balaban J connectivity index is 2.23.